The van der Waals surface area contributed by atoms with Crippen molar-refractivity contribution in [1.29, 1.82) is 0 Å². The third kappa shape index (κ3) is 2.68. The van der Waals surface area contributed by atoms with Crippen molar-refractivity contribution < 1.29 is 9.84 Å². The lowest BCUT2D eigenvalue weighted by molar-refractivity contribution is 0.410. The molecule has 0 spiro atoms. The minimum atomic E-state index is -0.0686. The predicted molar refractivity (Wildman–Crippen MR) is 88.4 cm³/mol. The van der Waals surface area contributed by atoms with Crippen molar-refractivity contribution >= 4 is 16.6 Å². The molecule has 3 rings (SSSR count). The Morgan fingerprint density at radius 2 is 2.00 bits per heavy atom. The fourth-order valence-electron chi connectivity index (χ4n) is 2.55. The Morgan fingerprint density at radius 3 is 2.82 bits per heavy atom. The van der Waals surface area contributed by atoms with Crippen LogP contribution in [0.15, 0.2) is 54.7 Å². The number of aromatic nitrogens is 1. The molecule has 3 aromatic rings. The molecule has 0 fully saturated rings. The first-order valence-electron chi connectivity index (χ1n) is 7.16. The lowest BCUT2D eigenvalue weighted by Gasteiger charge is -2.19. The van der Waals surface area contributed by atoms with Gasteiger partial charge in [0, 0.05) is 22.8 Å². The molecule has 2 N–H and O–H groups in total. The maximum absolute atomic E-state index is 10.1. The number of aromatic hydroxyl groups is 1. The lowest BCUT2D eigenvalue weighted by Crippen LogP contribution is -2.07. The molecule has 0 aliphatic rings. The summed E-state index contributed by atoms with van der Waals surface area (Å²) < 4.78 is 5.23. The van der Waals surface area contributed by atoms with Gasteiger partial charge in [-0.2, -0.15) is 0 Å². The maximum atomic E-state index is 10.1. The average molecular weight is 294 g/mol. The summed E-state index contributed by atoms with van der Waals surface area (Å²) in [5.41, 5.74) is 2.72. The highest BCUT2D eigenvalue weighted by atomic mass is 16.5. The highest BCUT2D eigenvalue weighted by Gasteiger charge is 2.13. The van der Waals surface area contributed by atoms with E-state index in [1.165, 1.54) is 0 Å². The van der Waals surface area contributed by atoms with E-state index < -0.39 is 0 Å². The summed E-state index contributed by atoms with van der Waals surface area (Å²) in [4.78, 5) is 4.36. The van der Waals surface area contributed by atoms with Crippen LogP contribution in [0.1, 0.15) is 18.5 Å². The maximum Gasteiger partial charge on any atom is 0.121 e. The van der Waals surface area contributed by atoms with E-state index in [1.54, 1.807) is 25.4 Å². The number of rotatable bonds is 4. The van der Waals surface area contributed by atoms with Gasteiger partial charge in [-0.25, -0.2) is 0 Å². The highest BCUT2D eigenvalue weighted by molar-refractivity contribution is 5.91. The number of fused-ring (bicyclic) bond motifs is 1. The van der Waals surface area contributed by atoms with Gasteiger partial charge in [-0.1, -0.05) is 6.07 Å². The third-order valence-electron chi connectivity index (χ3n) is 3.72. The Hall–Kier alpha value is -2.75. The van der Waals surface area contributed by atoms with E-state index >= 15 is 0 Å². The van der Waals surface area contributed by atoms with Crippen LogP contribution in [0.4, 0.5) is 5.69 Å². The molecule has 4 nitrogen and oxygen atoms in total. The fourth-order valence-corrected chi connectivity index (χ4v) is 2.55. The molecule has 0 aliphatic heterocycles. The zero-order valence-corrected chi connectivity index (χ0v) is 12.6. The molecule has 0 amide bonds. The number of pyridine rings is 1. The largest absolute Gasteiger partial charge is 0.508 e. The van der Waals surface area contributed by atoms with E-state index in [1.807, 2.05) is 43.3 Å². The summed E-state index contributed by atoms with van der Waals surface area (Å²) in [7, 11) is 1.62. The standard InChI is InChI=1S/C18H18N2O2/c1-12(15-11-13(22-2)8-9-18(15)21)20-17-7-3-6-16-14(17)5-4-10-19-16/h3-12,20-21H,1-2H3. The van der Waals surface area contributed by atoms with Crippen molar-refractivity contribution in [3.63, 3.8) is 0 Å². The van der Waals surface area contributed by atoms with E-state index in [0.717, 1.165) is 27.9 Å². The van der Waals surface area contributed by atoms with Gasteiger partial charge in [-0.3, -0.25) is 4.98 Å². The quantitative estimate of drug-likeness (QED) is 0.760. The molecule has 22 heavy (non-hydrogen) atoms. The number of methoxy groups -OCH3 is 1. The molecule has 1 atom stereocenters. The van der Waals surface area contributed by atoms with Gasteiger partial charge in [0.2, 0.25) is 0 Å². The number of anilines is 1. The molecule has 112 valence electrons. The second kappa shape index (κ2) is 5.93. The van der Waals surface area contributed by atoms with Gasteiger partial charge >= 0.3 is 0 Å². The number of phenolic OH excluding ortho intramolecular Hbond substituents is 1. The molecule has 0 radical (unpaired) electrons. The SMILES string of the molecule is COc1ccc(O)c(C(C)Nc2cccc3ncccc23)c1. The van der Waals surface area contributed by atoms with Crippen molar-refractivity contribution in [1.82, 2.24) is 4.98 Å². The van der Waals surface area contributed by atoms with Crippen LogP contribution in [0.5, 0.6) is 11.5 Å². The molecule has 2 aromatic carbocycles. The summed E-state index contributed by atoms with van der Waals surface area (Å²) in [5, 5.41) is 14.6. The van der Waals surface area contributed by atoms with E-state index in [-0.39, 0.29) is 11.8 Å². The van der Waals surface area contributed by atoms with Crippen molar-refractivity contribution in [2.45, 2.75) is 13.0 Å². The molecular formula is C18H18N2O2. The Bertz CT molecular complexity index is 797. The zero-order valence-electron chi connectivity index (χ0n) is 12.6. The summed E-state index contributed by atoms with van der Waals surface area (Å²) in [5.74, 6) is 0.972. The Morgan fingerprint density at radius 1 is 1.14 bits per heavy atom. The van der Waals surface area contributed by atoms with E-state index in [0.29, 0.717) is 0 Å². The smallest absolute Gasteiger partial charge is 0.121 e. The van der Waals surface area contributed by atoms with E-state index in [2.05, 4.69) is 10.3 Å². The normalized spacial score (nSPS) is 12.1. The second-order valence-corrected chi connectivity index (χ2v) is 5.17. The number of benzene rings is 2. The van der Waals surface area contributed by atoms with Gasteiger partial charge in [0.05, 0.1) is 18.7 Å². The van der Waals surface area contributed by atoms with E-state index in [4.69, 9.17) is 4.74 Å². The number of nitrogens with one attached hydrogen (secondary N) is 1. The van der Waals surface area contributed by atoms with Crippen LogP contribution in [0.2, 0.25) is 0 Å². The fraction of sp³-hybridized carbons (Fsp3) is 0.167. The first-order valence-corrected chi connectivity index (χ1v) is 7.16. The van der Waals surface area contributed by atoms with Gasteiger partial charge in [-0.15, -0.1) is 0 Å². The van der Waals surface area contributed by atoms with E-state index in [9.17, 15) is 5.11 Å². The summed E-state index contributed by atoms with van der Waals surface area (Å²) in [6.07, 6.45) is 1.78. The van der Waals surface area contributed by atoms with Gasteiger partial charge < -0.3 is 15.2 Å². The van der Waals surface area contributed by atoms with Gasteiger partial charge in [0.1, 0.15) is 11.5 Å². The third-order valence-corrected chi connectivity index (χ3v) is 3.72. The molecule has 0 aliphatic carbocycles. The Labute approximate surface area is 129 Å². The zero-order chi connectivity index (χ0) is 15.5. The van der Waals surface area contributed by atoms with Crippen molar-refractivity contribution in [3.05, 3.63) is 60.3 Å². The molecule has 0 saturated heterocycles. The number of nitrogens with zero attached hydrogens (tertiary/aromatic N) is 1. The number of hydrogen-bond donors (Lipinski definition) is 2. The topological polar surface area (TPSA) is 54.4 Å². The summed E-state index contributed by atoms with van der Waals surface area (Å²) in [6, 6.07) is 15.1. The van der Waals surface area contributed by atoms with Gasteiger partial charge in [0.15, 0.2) is 0 Å². The van der Waals surface area contributed by atoms with Crippen LogP contribution in [0.25, 0.3) is 10.9 Å². The van der Waals surface area contributed by atoms with Crippen LogP contribution >= 0.6 is 0 Å². The molecule has 0 bridgehead atoms. The lowest BCUT2D eigenvalue weighted by atomic mass is 10.1. The Balaban J connectivity index is 1.95. The molecular weight excluding hydrogens is 276 g/mol. The van der Waals surface area contributed by atoms with Crippen LogP contribution in [-0.2, 0) is 0 Å². The highest BCUT2D eigenvalue weighted by Crippen LogP contribution is 2.32. The average Bonchev–Trinajstić information content (AvgIpc) is 2.55. The second-order valence-electron chi connectivity index (χ2n) is 5.17. The van der Waals surface area contributed by atoms with Gasteiger partial charge in [-0.05, 0) is 49.4 Å². The number of ether oxygens (including phenoxy) is 1. The van der Waals surface area contributed by atoms with Crippen LogP contribution in [-0.4, -0.2) is 17.2 Å². The van der Waals surface area contributed by atoms with Crippen molar-refractivity contribution in [3.8, 4) is 11.5 Å². The summed E-state index contributed by atoms with van der Waals surface area (Å²) in [6.45, 7) is 2.00. The Kier molecular flexibility index (Phi) is 3.83. The number of phenols is 1. The first-order chi connectivity index (χ1) is 10.7. The van der Waals surface area contributed by atoms with Crippen molar-refractivity contribution in [2.24, 2.45) is 0 Å². The molecule has 0 saturated carbocycles. The predicted octanol–water partition coefficient (Wildman–Crippen LogP) is 4.12. The van der Waals surface area contributed by atoms with Crippen LogP contribution in [0, 0.1) is 0 Å². The van der Waals surface area contributed by atoms with Crippen LogP contribution in [0.3, 0.4) is 0 Å². The minimum Gasteiger partial charge on any atom is -0.508 e. The molecule has 1 heterocycles. The van der Waals surface area contributed by atoms with Crippen molar-refractivity contribution in [2.75, 3.05) is 12.4 Å². The number of hydrogen-bond acceptors (Lipinski definition) is 4. The summed E-state index contributed by atoms with van der Waals surface area (Å²) >= 11 is 0. The first kappa shape index (κ1) is 14.2. The van der Waals surface area contributed by atoms with Gasteiger partial charge in [0.25, 0.3) is 0 Å². The molecule has 1 aromatic heterocycles. The monoisotopic (exact) mass is 294 g/mol. The minimum absolute atomic E-state index is 0.0686. The van der Waals surface area contributed by atoms with Crippen LogP contribution < -0.4 is 10.1 Å². The molecule has 4 heteroatoms. The molecule has 1 unspecified atom stereocenters.